The fourth-order valence-electron chi connectivity index (χ4n) is 2.52. The van der Waals surface area contributed by atoms with Crippen LogP contribution in [0.1, 0.15) is 50.7 Å². The summed E-state index contributed by atoms with van der Waals surface area (Å²) in [6.07, 6.45) is 6.17. The van der Waals surface area contributed by atoms with Crippen LogP contribution in [0.15, 0.2) is 24.3 Å². The van der Waals surface area contributed by atoms with Crippen molar-refractivity contribution in [3.8, 4) is 5.75 Å². The van der Waals surface area contributed by atoms with Crippen molar-refractivity contribution < 1.29 is 9.84 Å². The van der Waals surface area contributed by atoms with Gasteiger partial charge in [0.25, 0.3) is 0 Å². The Balaban J connectivity index is 1.93. The van der Waals surface area contributed by atoms with Gasteiger partial charge in [0.1, 0.15) is 5.75 Å². The lowest BCUT2D eigenvalue weighted by Gasteiger charge is -2.22. The Hall–Kier alpha value is -1.02. The fraction of sp³-hybridized carbons (Fsp3) is 0.600. The van der Waals surface area contributed by atoms with E-state index < -0.39 is 6.10 Å². The molecule has 0 aliphatic heterocycles. The monoisotopic (exact) mass is 234 g/mol. The minimum atomic E-state index is -0.461. The lowest BCUT2D eigenvalue weighted by atomic mass is 9.90. The van der Waals surface area contributed by atoms with Crippen molar-refractivity contribution in [1.29, 1.82) is 0 Å². The zero-order valence-electron chi connectivity index (χ0n) is 10.6. The van der Waals surface area contributed by atoms with Gasteiger partial charge in [0.05, 0.1) is 12.7 Å². The third kappa shape index (κ3) is 3.47. The molecule has 0 saturated heterocycles. The highest BCUT2D eigenvalue weighted by Crippen LogP contribution is 2.28. The quantitative estimate of drug-likeness (QED) is 0.860. The van der Waals surface area contributed by atoms with Gasteiger partial charge in [0.15, 0.2) is 0 Å². The molecule has 0 bridgehead atoms. The van der Waals surface area contributed by atoms with Gasteiger partial charge in [-0.25, -0.2) is 0 Å². The molecule has 2 heteroatoms. The van der Waals surface area contributed by atoms with E-state index in [-0.39, 0.29) is 0 Å². The zero-order chi connectivity index (χ0) is 12.1. The molecule has 94 valence electrons. The third-order valence-electron chi connectivity index (χ3n) is 3.57. The van der Waals surface area contributed by atoms with Gasteiger partial charge in [0, 0.05) is 5.56 Å². The van der Waals surface area contributed by atoms with Crippen molar-refractivity contribution in [3.05, 3.63) is 29.8 Å². The maximum atomic E-state index is 9.66. The van der Waals surface area contributed by atoms with Crippen LogP contribution in [0.2, 0.25) is 0 Å². The van der Waals surface area contributed by atoms with Crippen LogP contribution in [-0.4, -0.2) is 11.7 Å². The van der Waals surface area contributed by atoms with Gasteiger partial charge in [-0.2, -0.15) is 0 Å². The van der Waals surface area contributed by atoms with E-state index in [0.29, 0.717) is 5.92 Å². The normalized spacial score (nSPS) is 18.9. The largest absolute Gasteiger partial charge is 0.493 e. The number of hydrogen-bond donors (Lipinski definition) is 1. The highest BCUT2D eigenvalue weighted by Gasteiger charge is 2.15. The molecule has 0 unspecified atom stereocenters. The van der Waals surface area contributed by atoms with E-state index in [2.05, 4.69) is 0 Å². The van der Waals surface area contributed by atoms with Crippen LogP contribution in [0.3, 0.4) is 0 Å². The topological polar surface area (TPSA) is 29.5 Å². The SMILES string of the molecule is C[C@@H](O)c1ccccc1OCC1CCCCC1. The Morgan fingerprint density at radius 1 is 1.24 bits per heavy atom. The Bertz CT molecular complexity index is 341. The van der Waals surface area contributed by atoms with Crippen LogP contribution in [0.4, 0.5) is 0 Å². The molecule has 2 rings (SSSR count). The molecule has 2 nitrogen and oxygen atoms in total. The molecule has 0 spiro atoms. The summed E-state index contributed by atoms with van der Waals surface area (Å²) < 4.78 is 5.88. The summed E-state index contributed by atoms with van der Waals surface area (Å²) in [6.45, 7) is 2.58. The van der Waals surface area contributed by atoms with Crippen LogP contribution < -0.4 is 4.74 Å². The summed E-state index contributed by atoms with van der Waals surface area (Å²) in [7, 11) is 0. The first-order chi connectivity index (χ1) is 8.27. The van der Waals surface area contributed by atoms with E-state index in [1.165, 1.54) is 32.1 Å². The molecule has 0 heterocycles. The Kier molecular flexibility index (Phi) is 4.43. The summed E-state index contributed by atoms with van der Waals surface area (Å²) in [5, 5.41) is 9.66. The van der Waals surface area contributed by atoms with Crippen LogP contribution >= 0.6 is 0 Å². The zero-order valence-corrected chi connectivity index (χ0v) is 10.6. The second-order valence-electron chi connectivity index (χ2n) is 5.03. The van der Waals surface area contributed by atoms with Crippen molar-refractivity contribution >= 4 is 0 Å². The minimum Gasteiger partial charge on any atom is -0.493 e. The molecule has 1 aromatic carbocycles. The van der Waals surface area contributed by atoms with Gasteiger partial charge in [0.2, 0.25) is 0 Å². The van der Waals surface area contributed by atoms with Gasteiger partial charge in [-0.15, -0.1) is 0 Å². The van der Waals surface area contributed by atoms with Gasteiger partial charge >= 0.3 is 0 Å². The van der Waals surface area contributed by atoms with E-state index in [9.17, 15) is 5.11 Å². The Morgan fingerprint density at radius 2 is 1.94 bits per heavy atom. The molecule has 1 atom stereocenters. The molecule has 1 N–H and O–H groups in total. The van der Waals surface area contributed by atoms with Crippen molar-refractivity contribution in [1.82, 2.24) is 0 Å². The molecular formula is C15H22O2. The van der Waals surface area contributed by atoms with Gasteiger partial charge in [-0.3, -0.25) is 0 Å². The maximum absolute atomic E-state index is 9.66. The molecule has 1 saturated carbocycles. The van der Waals surface area contributed by atoms with Gasteiger partial charge in [-0.05, 0) is 31.7 Å². The number of aliphatic hydroxyl groups is 1. The second kappa shape index (κ2) is 6.06. The van der Waals surface area contributed by atoms with Gasteiger partial charge in [-0.1, -0.05) is 37.5 Å². The summed E-state index contributed by atoms with van der Waals surface area (Å²) in [6, 6.07) is 7.78. The lowest BCUT2D eigenvalue weighted by Crippen LogP contribution is -2.16. The Labute approximate surface area is 104 Å². The van der Waals surface area contributed by atoms with Gasteiger partial charge < -0.3 is 9.84 Å². The number of aliphatic hydroxyl groups excluding tert-OH is 1. The van der Waals surface area contributed by atoms with Crippen molar-refractivity contribution in [3.63, 3.8) is 0 Å². The van der Waals surface area contributed by atoms with E-state index in [1.807, 2.05) is 24.3 Å². The molecule has 0 aromatic heterocycles. The van der Waals surface area contributed by atoms with Crippen molar-refractivity contribution in [2.24, 2.45) is 5.92 Å². The first-order valence-electron chi connectivity index (χ1n) is 6.67. The van der Waals surface area contributed by atoms with E-state index in [0.717, 1.165) is 17.9 Å². The molecule has 1 aliphatic carbocycles. The predicted molar refractivity (Wildman–Crippen MR) is 69.1 cm³/mol. The second-order valence-corrected chi connectivity index (χ2v) is 5.03. The number of benzene rings is 1. The highest BCUT2D eigenvalue weighted by atomic mass is 16.5. The van der Waals surface area contributed by atoms with Crippen LogP contribution in [0.25, 0.3) is 0 Å². The average molecular weight is 234 g/mol. The molecule has 1 aromatic rings. The Morgan fingerprint density at radius 3 is 2.65 bits per heavy atom. The number of para-hydroxylation sites is 1. The lowest BCUT2D eigenvalue weighted by molar-refractivity contribution is 0.178. The fourth-order valence-corrected chi connectivity index (χ4v) is 2.52. The molecular weight excluding hydrogens is 212 g/mol. The first kappa shape index (κ1) is 12.4. The third-order valence-corrected chi connectivity index (χ3v) is 3.57. The van der Waals surface area contributed by atoms with E-state index >= 15 is 0 Å². The maximum Gasteiger partial charge on any atom is 0.125 e. The van der Waals surface area contributed by atoms with Crippen molar-refractivity contribution in [2.45, 2.75) is 45.1 Å². The highest BCUT2D eigenvalue weighted by molar-refractivity contribution is 5.34. The average Bonchev–Trinajstić information content (AvgIpc) is 2.38. The summed E-state index contributed by atoms with van der Waals surface area (Å²) in [5.41, 5.74) is 0.892. The number of ether oxygens (including phenoxy) is 1. The number of hydrogen-bond acceptors (Lipinski definition) is 2. The smallest absolute Gasteiger partial charge is 0.125 e. The molecule has 17 heavy (non-hydrogen) atoms. The summed E-state index contributed by atoms with van der Waals surface area (Å²) >= 11 is 0. The van der Waals surface area contributed by atoms with E-state index in [1.54, 1.807) is 6.92 Å². The van der Waals surface area contributed by atoms with Crippen molar-refractivity contribution in [2.75, 3.05) is 6.61 Å². The molecule has 0 radical (unpaired) electrons. The predicted octanol–water partition coefficient (Wildman–Crippen LogP) is 3.70. The number of rotatable bonds is 4. The minimum absolute atomic E-state index is 0.461. The first-order valence-corrected chi connectivity index (χ1v) is 6.67. The van der Waals surface area contributed by atoms with E-state index in [4.69, 9.17) is 4.74 Å². The standard InChI is InChI=1S/C15H22O2/c1-12(16)14-9-5-6-10-15(14)17-11-13-7-3-2-4-8-13/h5-6,9-10,12-13,16H,2-4,7-8,11H2,1H3/t12-/m1/s1. The van der Waals surface area contributed by atoms with Crippen LogP contribution in [0.5, 0.6) is 5.75 Å². The van der Waals surface area contributed by atoms with Crippen LogP contribution in [-0.2, 0) is 0 Å². The van der Waals surface area contributed by atoms with Crippen LogP contribution in [0, 0.1) is 5.92 Å². The summed E-state index contributed by atoms with van der Waals surface area (Å²) in [5.74, 6) is 1.54. The molecule has 1 fully saturated rings. The summed E-state index contributed by atoms with van der Waals surface area (Å²) in [4.78, 5) is 0. The molecule has 1 aliphatic rings. The molecule has 0 amide bonds.